The average molecular weight is 284 g/mol. The van der Waals surface area contributed by atoms with E-state index in [4.69, 9.17) is 0 Å². The van der Waals surface area contributed by atoms with Crippen molar-refractivity contribution in [1.82, 2.24) is 14.5 Å². The predicted molar refractivity (Wildman–Crippen MR) is 82.8 cm³/mol. The fourth-order valence-corrected chi connectivity index (χ4v) is 2.72. The van der Waals surface area contributed by atoms with Crippen LogP contribution in [0.3, 0.4) is 0 Å². The van der Waals surface area contributed by atoms with Crippen molar-refractivity contribution in [3.63, 3.8) is 0 Å². The van der Waals surface area contributed by atoms with Crippen molar-refractivity contribution >= 4 is 17.0 Å². The lowest BCUT2D eigenvalue weighted by molar-refractivity contribution is 0.708. The van der Waals surface area contributed by atoms with Gasteiger partial charge in [0, 0.05) is 41.8 Å². The number of nitrogens with zero attached hydrogens (tertiary/aromatic N) is 3. The summed E-state index contributed by atoms with van der Waals surface area (Å²) in [5, 5.41) is 6.44. The van der Waals surface area contributed by atoms with Gasteiger partial charge in [-0.3, -0.25) is 0 Å². The number of nitrogens with one attached hydrogen (secondary N) is 1. The van der Waals surface area contributed by atoms with E-state index in [0.717, 1.165) is 35.2 Å². The zero-order valence-electron chi connectivity index (χ0n) is 11.3. The van der Waals surface area contributed by atoms with Crippen molar-refractivity contribution in [2.45, 2.75) is 20.0 Å². The molecule has 0 aliphatic rings. The molecule has 20 heavy (non-hydrogen) atoms. The highest BCUT2D eigenvalue weighted by molar-refractivity contribution is 7.13. The smallest absolute Gasteiger partial charge is 0.128 e. The van der Waals surface area contributed by atoms with Crippen molar-refractivity contribution < 1.29 is 0 Å². The molecule has 3 aromatic rings. The maximum atomic E-state index is 4.35. The van der Waals surface area contributed by atoms with Gasteiger partial charge in [-0.25, -0.2) is 9.97 Å². The van der Waals surface area contributed by atoms with Crippen LogP contribution in [0.1, 0.15) is 12.7 Å². The Hall–Kier alpha value is -2.14. The molecule has 5 heteroatoms. The Morgan fingerprint density at radius 2 is 2.00 bits per heavy atom. The molecule has 0 saturated carbocycles. The normalized spacial score (nSPS) is 10.7. The highest BCUT2D eigenvalue weighted by Gasteiger charge is 2.02. The summed E-state index contributed by atoms with van der Waals surface area (Å²) in [7, 11) is 0. The number of aromatic nitrogens is 3. The minimum absolute atomic E-state index is 0.734. The highest BCUT2D eigenvalue weighted by Crippen LogP contribution is 2.23. The molecule has 102 valence electrons. The molecule has 1 N–H and O–H groups in total. The minimum Gasteiger partial charge on any atom is -0.378 e. The molecule has 0 atom stereocenters. The molecule has 0 spiro atoms. The van der Waals surface area contributed by atoms with E-state index in [-0.39, 0.29) is 0 Å². The van der Waals surface area contributed by atoms with Gasteiger partial charge in [-0.1, -0.05) is 0 Å². The van der Waals surface area contributed by atoms with Crippen LogP contribution < -0.4 is 5.32 Å². The molecule has 0 bridgehead atoms. The molecule has 0 amide bonds. The molecule has 0 aliphatic heterocycles. The van der Waals surface area contributed by atoms with Crippen molar-refractivity contribution in [1.29, 1.82) is 0 Å². The number of rotatable bonds is 5. The van der Waals surface area contributed by atoms with Crippen LogP contribution in [0.5, 0.6) is 0 Å². The van der Waals surface area contributed by atoms with Crippen molar-refractivity contribution in [3.05, 3.63) is 54.1 Å². The van der Waals surface area contributed by atoms with Crippen LogP contribution >= 0.6 is 11.3 Å². The molecule has 0 saturated heterocycles. The predicted octanol–water partition coefficient (Wildman–Crippen LogP) is 3.64. The minimum atomic E-state index is 0.734. The molecule has 0 aliphatic carbocycles. The molecule has 0 unspecified atom stereocenters. The van der Waals surface area contributed by atoms with E-state index in [1.54, 1.807) is 11.3 Å². The summed E-state index contributed by atoms with van der Waals surface area (Å²) in [5.41, 5.74) is 2.25. The number of hydrogen-bond acceptors (Lipinski definition) is 4. The maximum Gasteiger partial charge on any atom is 0.128 e. The Morgan fingerprint density at radius 1 is 1.15 bits per heavy atom. The molecule has 1 aromatic carbocycles. The number of hydrogen-bond donors (Lipinski definition) is 1. The van der Waals surface area contributed by atoms with Gasteiger partial charge in [0.1, 0.15) is 10.8 Å². The second-order valence-corrected chi connectivity index (χ2v) is 5.29. The van der Waals surface area contributed by atoms with Crippen LogP contribution in [-0.4, -0.2) is 14.5 Å². The largest absolute Gasteiger partial charge is 0.378 e. The number of aryl methyl sites for hydroxylation is 1. The first-order chi connectivity index (χ1) is 9.86. The summed E-state index contributed by atoms with van der Waals surface area (Å²) in [6.45, 7) is 3.80. The van der Waals surface area contributed by atoms with E-state index in [1.807, 2.05) is 24.0 Å². The zero-order chi connectivity index (χ0) is 13.8. The lowest BCUT2D eigenvalue weighted by Gasteiger charge is -2.08. The van der Waals surface area contributed by atoms with Gasteiger partial charge in [0.25, 0.3) is 0 Å². The lowest BCUT2D eigenvalue weighted by Crippen LogP contribution is -2.07. The first-order valence-electron chi connectivity index (χ1n) is 6.60. The van der Waals surface area contributed by atoms with Gasteiger partial charge in [-0.05, 0) is 31.2 Å². The molecule has 4 nitrogen and oxygen atoms in total. The number of imidazole rings is 1. The van der Waals surface area contributed by atoms with Gasteiger partial charge in [-0.2, -0.15) is 0 Å². The van der Waals surface area contributed by atoms with Gasteiger partial charge in [0.05, 0.1) is 6.54 Å². The third-order valence-electron chi connectivity index (χ3n) is 3.16. The van der Waals surface area contributed by atoms with E-state index >= 15 is 0 Å². The van der Waals surface area contributed by atoms with E-state index in [9.17, 15) is 0 Å². The van der Waals surface area contributed by atoms with E-state index < -0.39 is 0 Å². The summed E-state index contributed by atoms with van der Waals surface area (Å²) in [5.74, 6) is 1.05. The third-order valence-corrected chi connectivity index (χ3v) is 3.98. The van der Waals surface area contributed by atoms with Crippen LogP contribution in [0.4, 0.5) is 5.69 Å². The van der Waals surface area contributed by atoms with Crippen LogP contribution in [0.25, 0.3) is 10.6 Å². The molecule has 0 fully saturated rings. The Labute approximate surface area is 122 Å². The monoisotopic (exact) mass is 284 g/mol. The molecular weight excluding hydrogens is 268 g/mol. The van der Waals surface area contributed by atoms with Crippen LogP contribution in [-0.2, 0) is 13.1 Å². The quantitative estimate of drug-likeness (QED) is 0.778. The molecule has 3 rings (SSSR count). The van der Waals surface area contributed by atoms with Crippen LogP contribution in [0.15, 0.2) is 48.2 Å². The number of anilines is 1. The molecule has 0 radical (unpaired) electrons. The first-order valence-corrected chi connectivity index (χ1v) is 7.48. The van der Waals surface area contributed by atoms with Crippen molar-refractivity contribution in [2.75, 3.05) is 5.32 Å². The standard InChI is InChI=1S/C15H16N4S/c1-2-19-9-7-16-14(19)11-18-13-5-3-12(4-6-13)15-17-8-10-20-15/h3-10,18H,2,11H2,1H3. The van der Waals surface area contributed by atoms with E-state index in [2.05, 4.69) is 51.0 Å². The molecule has 2 heterocycles. The summed E-state index contributed by atoms with van der Waals surface area (Å²) < 4.78 is 2.14. The maximum absolute atomic E-state index is 4.35. The Bertz CT molecular complexity index is 656. The third kappa shape index (κ3) is 2.72. The summed E-state index contributed by atoms with van der Waals surface area (Å²) in [6.07, 6.45) is 5.67. The van der Waals surface area contributed by atoms with Crippen molar-refractivity contribution in [2.24, 2.45) is 0 Å². The average Bonchev–Trinajstić information content (AvgIpc) is 3.16. The zero-order valence-corrected chi connectivity index (χ0v) is 12.1. The van der Waals surface area contributed by atoms with Gasteiger partial charge in [-0.15, -0.1) is 11.3 Å². The van der Waals surface area contributed by atoms with Gasteiger partial charge in [0.2, 0.25) is 0 Å². The summed E-state index contributed by atoms with van der Waals surface area (Å²) >= 11 is 1.65. The topological polar surface area (TPSA) is 42.7 Å². The second kappa shape index (κ2) is 5.88. The molecular formula is C15H16N4S. The fourth-order valence-electron chi connectivity index (χ4n) is 2.07. The lowest BCUT2D eigenvalue weighted by atomic mass is 10.2. The highest BCUT2D eigenvalue weighted by atomic mass is 32.1. The number of benzene rings is 1. The first kappa shape index (κ1) is 12.9. The van der Waals surface area contributed by atoms with E-state index in [0.29, 0.717) is 0 Å². The van der Waals surface area contributed by atoms with Crippen molar-refractivity contribution in [3.8, 4) is 10.6 Å². The van der Waals surface area contributed by atoms with E-state index in [1.165, 1.54) is 0 Å². The summed E-state index contributed by atoms with van der Waals surface area (Å²) in [6, 6.07) is 8.34. The van der Waals surface area contributed by atoms with Crippen LogP contribution in [0.2, 0.25) is 0 Å². The van der Waals surface area contributed by atoms with Gasteiger partial charge >= 0.3 is 0 Å². The Morgan fingerprint density at radius 3 is 2.70 bits per heavy atom. The Kier molecular flexibility index (Phi) is 3.78. The SMILES string of the molecule is CCn1ccnc1CNc1ccc(-c2nccs2)cc1. The van der Waals surface area contributed by atoms with Gasteiger partial charge in [0.15, 0.2) is 0 Å². The second-order valence-electron chi connectivity index (χ2n) is 4.40. The molecule has 2 aromatic heterocycles. The Balaban J connectivity index is 1.67. The summed E-state index contributed by atoms with van der Waals surface area (Å²) in [4.78, 5) is 8.66. The van der Waals surface area contributed by atoms with Crippen LogP contribution in [0, 0.1) is 0 Å². The van der Waals surface area contributed by atoms with Gasteiger partial charge < -0.3 is 9.88 Å². The fraction of sp³-hybridized carbons (Fsp3) is 0.200. The number of thiazole rings is 1.